The van der Waals surface area contributed by atoms with Crippen LogP contribution >= 0.6 is 0 Å². The summed E-state index contributed by atoms with van der Waals surface area (Å²) in [5.41, 5.74) is 0. The number of aliphatic carboxylic acids is 1. The number of carbonyl (C=O) groups is 2. The van der Waals surface area contributed by atoms with Crippen LogP contribution in [0.4, 0.5) is 0 Å². The number of nitrogens with zero attached hydrogens (tertiary/aromatic N) is 2. The third-order valence-corrected chi connectivity index (χ3v) is 3.42. The van der Waals surface area contributed by atoms with Gasteiger partial charge in [0.1, 0.15) is 0 Å². The molecule has 2 rings (SSSR count). The van der Waals surface area contributed by atoms with E-state index in [4.69, 9.17) is 5.11 Å². The molecule has 1 atom stereocenters. The minimum atomic E-state index is -0.735. The number of hydrogen-bond donors (Lipinski definition) is 1. The highest BCUT2D eigenvalue weighted by Gasteiger charge is 2.28. The first-order valence-electron chi connectivity index (χ1n) is 5.90. The SMILES string of the molecule is O=C(O)C1CCCN(CC(=O)N2CCC2)C1. The van der Waals surface area contributed by atoms with Gasteiger partial charge in [-0.3, -0.25) is 14.5 Å². The molecule has 1 N–H and O–H groups in total. The van der Waals surface area contributed by atoms with Crippen molar-refractivity contribution in [2.45, 2.75) is 19.3 Å². The highest BCUT2D eigenvalue weighted by molar-refractivity contribution is 5.79. The molecule has 0 saturated carbocycles. The lowest BCUT2D eigenvalue weighted by Crippen LogP contribution is -2.49. The zero-order valence-corrected chi connectivity index (χ0v) is 9.39. The average molecular weight is 226 g/mol. The van der Waals surface area contributed by atoms with E-state index in [0.717, 1.165) is 38.9 Å². The fourth-order valence-corrected chi connectivity index (χ4v) is 2.26. The van der Waals surface area contributed by atoms with Crippen LogP contribution in [0.2, 0.25) is 0 Å². The van der Waals surface area contributed by atoms with Gasteiger partial charge in [0.2, 0.25) is 5.91 Å². The Morgan fingerprint density at radius 1 is 1.19 bits per heavy atom. The van der Waals surface area contributed by atoms with E-state index in [1.807, 2.05) is 9.80 Å². The van der Waals surface area contributed by atoms with Crippen LogP contribution in [0.25, 0.3) is 0 Å². The Morgan fingerprint density at radius 2 is 1.94 bits per heavy atom. The highest BCUT2D eigenvalue weighted by Crippen LogP contribution is 2.17. The molecular formula is C11H18N2O3. The molecule has 5 heteroatoms. The second-order valence-electron chi connectivity index (χ2n) is 4.65. The number of carboxylic acids is 1. The molecule has 0 aliphatic carbocycles. The minimum Gasteiger partial charge on any atom is -0.481 e. The first-order chi connectivity index (χ1) is 7.66. The summed E-state index contributed by atoms with van der Waals surface area (Å²) in [7, 11) is 0. The molecule has 0 radical (unpaired) electrons. The quantitative estimate of drug-likeness (QED) is 0.736. The van der Waals surface area contributed by atoms with Gasteiger partial charge in [-0.25, -0.2) is 0 Å². The Labute approximate surface area is 95.0 Å². The van der Waals surface area contributed by atoms with E-state index in [2.05, 4.69) is 0 Å². The largest absolute Gasteiger partial charge is 0.481 e. The number of rotatable bonds is 3. The van der Waals surface area contributed by atoms with Crippen LogP contribution in [0.3, 0.4) is 0 Å². The summed E-state index contributed by atoms with van der Waals surface area (Å²) in [4.78, 5) is 26.4. The summed E-state index contributed by atoms with van der Waals surface area (Å²) in [6.45, 7) is 3.51. The number of likely N-dealkylation sites (tertiary alicyclic amines) is 2. The van der Waals surface area contributed by atoms with E-state index in [0.29, 0.717) is 13.1 Å². The Kier molecular flexibility index (Phi) is 3.43. The van der Waals surface area contributed by atoms with E-state index in [9.17, 15) is 9.59 Å². The number of amides is 1. The van der Waals surface area contributed by atoms with Crippen LogP contribution in [-0.2, 0) is 9.59 Å². The van der Waals surface area contributed by atoms with E-state index < -0.39 is 5.97 Å². The Hall–Kier alpha value is -1.10. The van der Waals surface area contributed by atoms with Gasteiger partial charge in [0.25, 0.3) is 0 Å². The van der Waals surface area contributed by atoms with E-state index in [-0.39, 0.29) is 11.8 Å². The van der Waals surface area contributed by atoms with Gasteiger partial charge >= 0.3 is 5.97 Å². The molecule has 1 amide bonds. The van der Waals surface area contributed by atoms with Crippen molar-refractivity contribution >= 4 is 11.9 Å². The lowest BCUT2D eigenvalue weighted by atomic mass is 9.98. The third kappa shape index (κ3) is 2.52. The molecule has 2 fully saturated rings. The molecule has 0 aromatic carbocycles. The second kappa shape index (κ2) is 4.82. The first kappa shape index (κ1) is 11.4. The molecule has 0 aromatic rings. The number of carbonyl (C=O) groups excluding carboxylic acids is 1. The summed E-state index contributed by atoms with van der Waals surface area (Å²) >= 11 is 0. The van der Waals surface area contributed by atoms with Gasteiger partial charge in [-0.1, -0.05) is 0 Å². The van der Waals surface area contributed by atoms with Crippen molar-refractivity contribution in [2.75, 3.05) is 32.7 Å². The Balaban J connectivity index is 1.80. The molecule has 2 aliphatic rings. The topological polar surface area (TPSA) is 60.9 Å². The molecule has 2 heterocycles. The standard InChI is InChI=1S/C11H18N2O3/c14-10(13-5-2-6-13)8-12-4-1-3-9(7-12)11(15)16/h9H,1-8H2,(H,15,16). The minimum absolute atomic E-state index is 0.150. The first-order valence-corrected chi connectivity index (χ1v) is 5.90. The number of piperidine rings is 1. The van der Waals surface area contributed by atoms with Gasteiger partial charge < -0.3 is 10.0 Å². The van der Waals surface area contributed by atoms with Crippen LogP contribution < -0.4 is 0 Å². The smallest absolute Gasteiger partial charge is 0.307 e. The van der Waals surface area contributed by atoms with Crippen molar-refractivity contribution < 1.29 is 14.7 Å². The van der Waals surface area contributed by atoms with Crippen molar-refractivity contribution in [3.8, 4) is 0 Å². The van der Waals surface area contributed by atoms with Crippen molar-refractivity contribution in [3.63, 3.8) is 0 Å². The van der Waals surface area contributed by atoms with Crippen LogP contribution in [0, 0.1) is 5.92 Å². The van der Waals surface area contributed by atoms with Crippen molar-refractivity contribution in [1.82, 2.24) is 9.80 Å². The van der Waals surface area contributed by atoms with Gasteiger partial charge in [-0.2, -0.15) is 0 Å². The maximum absolute atomic E-state index is 11.7. The zero-order valence-electron chi connectivity index (χ0n) is 9.39. The van der Waals surface area contributed by atoms with Crippen LogP contribution in [0.15, 0.2) is 0 Å². The molecule has 1 unspecified atom stereocenters. The fraction of sp³-hybridized carbons (Fsp3) is 0.818. The van der Waals surface area contributed by atoms with Gasteiger partial charge in [-0.15, -0.1) is 0 Å². The van der Waals surface area contributed by atoms with Crippen LogP contribution in [-0.4, -0.2) is 59.5 Å². The Bertz CT molecular complexity index is 289. The molecule has 16 heavy (non-hydrogen) atoms. The normalized spacial score (nSPS) is 26.2. The van der Waals surface area contributed by atoms with Crippen LogP contribution in [0.1, 0.15) is 19.3 Å². The molecule has 0 aromatic heterocycles. The molecule has 2 aliphatic heterocycles. The van der Waals surface area contributed by atoms with Gasteiger partial charge in [0, 0.05) is 19.6 Å². The monoisotopic (exact) mass is 226 g/mol. The van der Waals surface area contributed by atoms with E-state index in [1.165, 1.54) is 0 Å². The predicted molar refractivity (Wildman–Crippen MR) is 58.0 cm³/mol. The van der Waals surface area contributed by atoms with Crippen LogP contribution in [0.5, 0.6) is 0 Å². The van der Waals surface area contributed by atoms with Crippen molar-refractivity contribution in [3.05, 3.63) is 0 Å². The number of hydrogen-bond acceptors (Lipinski definition) is 3. The molecule has 5 nitrogen and oxygen atoms in total. The predicted octanol–water partition coefficient (Wildman–Crippen LogP) is 0.0153. The molecule has 0 bridgehead atoms. The number of carboxylic acid groups (broad SMARTS) is 1. The van der Waals surface area contributed by atoms with E-state index in [1.54, 1.807) is 0 Å². The summed E-state index contributed by atoms with van der Waals surface area (Å²) in [5.74, 6) is -0.878. The summed E-state index contributed by atoms with van der Waals surface area (Å²) in [5, 5.41) is 8.93. The molecule has 0 spiro atoms. The zero-order chi connectivity index (χ0) is 11.5. The summed E-state index contributed by atoms with van der Waals surface area (Å²) in [6, 6.07) is 0. The van der Waals surface area contributed by atoms with Gasteiger partial charge in [-0.05, 0) is 25.8 Å². The summed E-state index contributed by atoms with van der Waals surface area (Å²) in [6.07, 6.45) is 2.72. The maximum Gasteiger partial charge on any atom is 0.307 e. The fourth-order valence-electron chi connectivity index (χ4n) is 2.26. The second-order valence-corrected chi connectivity index (χ2v) is 4.65. The highest BCUT2D eigenvalue weighted by atomic mass is 16.4. The van der Waals surface area contributed by atoms with E-state index >= 15 is 0 Å². The lowest BCUT2D eigenvalue weighted by Gasteiger charge is -2.35. The summed E-state index contributed by atoms with van der Waals surface area (Å²) < 4.78 is 0. The Morgan fingerprint density at radius 3 is 2.50 bits per heavy atom. The maximum atomic E-state index is 11.7. The third-order valence-electron chi connectivity index (χ3n) is 3.42. The molecular weight excluding hydrogens is 208 g/mol. The lowest BCUT2D eigenvalue weighted by molar-refractivity contribution is -0.145. The van der Waals surface area contributed by atoms with Crippen molar-refractivity contribution in [2.24, 2.45) is 5.92 Å². The molecule has 90 valence electrons. The van der Waals surface area contributed by atoms with Gasteiger partial charge in [0.05, 0.1) is 12.5 Å². The van der Waals surface area contributed by atoms with Crippen molar-refractivity contribution in [1.29, 1.82) is 0 Å². The molecule has 2 saturated heterocycles. The van der Waals surface area contributed by atoms with Gasteiger partial charge in [0.15, 0.2) is 0 Å². The average Bonchev–Trinajstić information content (AvgIpc) is 2.15.